The minimum atomic E-state index is 0.381. The van der Waals surface area contributed by atoms with Gasteiger partial charge in [-0.25, -0.2) is 9.97 Å². The molecule has 3 heterocycles. The van der Waals surface area contributed by atoms with Gasteiger partial charge in [0.05, 0.1) is 0 Å². The first kappa shape index (κ1) is 12.3. The van der Waals surface area contributed by atoms with Crippen molar-refractivity contribution in [2.75, 3.05) is 6.54 Å². The van der Waals surface area contributed by atoms with E-state index in [1.807, 2.05) is 19.3 Å². The summed E-state index contributed by atoms with van der Waals surface area (Å²) in [5.74, 6) is 0.791. The van der Waals surface area contributed by atoms with Crippen LogP contribution in [0.3, 0.4) is 0 Å². The van der Waals surface area contributed by atoms with Gasteiger partial charge in [0.1, 0.15) is 11.5 Å². The van der Waals surface area contributed by atoms with E-state index in [0.29, 0.717) is 6.04 Å². The fourth-order valence-electron chi connectivity index (χ4n) is 2.55. The maximum absolute atomic E-state index is 4.79. The van der Waals surface area contributed by atoms with Crippen LogP contribution >= 0.6 is 0 Å². The molecule has 0 spiro atoms. The quantitative estimate of drug-likeness (QED) is 0.892. The number of aryl methyl sites for hydroxylation is 1. The van der Waals surface area contributed by atoms with Crippen molar-refractivity contribution in [3.63, 3.8) is 0 Å². The van der Waals surface area contributed by atoms with Gasteiger partial charge in [0.2, 0.25) is 0 Å². The topological polar surface area (TPSA) is 55.6 Å². The molecular formula is C14H19N5. The van der Waals surface area contributed by atoms with Crippen LogP contribution in [0.2, 0.25) is 0 Å². The summed E-state index contributed by atoms with van der Waals surface area (Å²) in [4.78, 5) is 8.56. The highest BCUT2D eigenvalue weighted by atomic mass is 15.3. The van der Waals surface area contributed by atoms with Crippen molar-refractivity contribution in [1.29, 1.82) is 0 Å². The summed E-state index contributed by atoms with van der Waals surface area (Å²) >= 11 is 0. The van der Waals surface area contributed by atoms with Gasteiger partial charge in [0.25, 0.3) is 0 Å². The van der Waals surface area contributed by atoms with E-state index in [1.165, 1.54) is 11.3 Å². The number of aromatic nitrogens is 4. The van der Waals surface area contributed by atoms with Gasteiger partial charge in [-0.15, -0.1) is 0 Å². The van der Waals surface area contributed by atoms with E-state index in [1.54, 1.807) is 0 Å². The molecule has 0 fully saturated rings. The lowest BCUT2D eigenvalue weighted by molar-refractivity contribution is 0.494. The van der Waals surface area contributed by atoms with Crippen LogP contribution in [0.4, 0.5) is 0 Å². The molecule has 0 aliphatic carbocycles. The van der Waals surface area contributed by atoms with Crippen molar-refractivity contribution >= 4 is 0 Å². The lowest BCUT2D eigenvalue weighted by Crippen LogP contribution is -2.25. The molecular weight excluding hydrogens is 238 g/mol. The molecule has 0 aromatic carbocycles. The lowest BCUT2D eigenvalue weighted by Gasteiger charge is -2.17. The van der Waals surface area contributed by atoms with Crippen LogP contribution in [-0.2, 0) is 13.0 Å². The number of fused-ring (bicyclic) bond motifs is 1. The Kier molecular flexibility index (Phi) is 3.06. The zero-order valence-corrected chi connectivity index (χ0v) is 11.6. The average molecular weight is 257 g/mol. The summed E-state index contributed by atoms with van der Waals surface area (Å²) in [5, 5.41) is 8.21. The SMILES string of the molecule is Cc1ncc(-c2nn(C(C)C)c3c2CNCC3)cn1. The number of nitrogens with one attached hydrogen (secondary N) is 1. The van der Waals surface area contributed by atoms with Crippen LogP contribution in [0.15, 0.2) is 12.4 Å². The predicted octanol–water partition coefficient (Wildman–Crippen LogP) is 1.88. The van der Waals surface area contributed by atoms with Gasteiger partial charge >= 0.3 is 0 Å². The number of rotatable bonds is 2. The Bertz CT molecular complexity index is 583. The van der Waals surface area contributed by atoms with Crippen LogP contribution in [0.5, 0.6) is 0 Å². The second-order valence-corrected chi connectivity index (χ2v) is 5.26. The van der Waals surface area contributed by atoms with E-state index < -0.39 is 0 Å². The number of hydrogen-bond acceptors (Lipinski definition) is 4. The molecule has 0 saturated carbocycles. The van der Waals surface area contributed by atoms with Crippen molar-refractivity contribution in [3.05, 3.63) is 29.5 Å². The van der Waals surface area contributed by atoms with Gasteiger partial charge in [0.15, 0.2) is 0 Å². The molecule has 5 nitrogen and oxygen atoms in total. The van der Waals surface area contributed by atoms with Gasteiger partial charge in [-0.2, -0.15) is 5.10 Å². The molecule has 1 aliphatic heterocycles. The maximum atomic E-state index is 4.79. The van der Waals surface area contributed by atoms with Crippen molar-refractivity contribution < 1.29 is 0 Å². The third kappa shape index (κ3) is 2.14. The molecule has 3 rings (SSSR count). The molecule has 0 amide bonds. The molecule has 19 heavy (non-hydrogen) atoms. The summed E-state index contributed by atoms with van der Waals surface area (Å²) < 4.78 is 2.14. The molecule has 0 unspecified atom stereocenters. The predicted molar refractivity (Wildman–Crippen MR) is 73.8 cm³/mol. The number of nitrogens with zero attached hydrogens (tertiary/aromatic N) is 4. The first-order valence-corrected chi connectivity index (χ1v) is 6.77. The molecule has 0 radical (unpaired) electrons. The van der Waals surface area contributed by atoms with Crippen molar-refractivity contribution in [2.24, 2.45) is 0 Å². The molecule has 100 valence electrons. The molecule has 2 aromatic heterocycles. The van der Waals surface area contributed by atoms with Crippen molar-refractivity contribution in [2.45, 2.75) is 39.8 Å². The first-order chi connectivity index (χ1) is 9.16. The monoisotopic (exact) mass is 257 g/mol. The standard InChI is InChI=1S/C14H19N5/c1-9(2)19-13-4-5-15-8-12(13)14(18-19)11-6-16-10(3)17-7-11/h6-7,9,15H,4-5,8H2,1-3H3. The van der Waals surface area contributed by atoms with Crippen LogP contribution in [0.1, 0.15) is 37.0 Å². The second kappa shape index (κ2) is 4.74. The van der Waals surface area contributed by atoms with E-state index in [2.05, 4.69) is 33.8 Å². The molecule has 5 heteroatoms. The van der Waals surface area contributed by atoms with E-state index in [4.69, 9.17) is 5.10 Å². The van der Waals surface area contributed by atoms with E-state index in [0.717, 1.165) is 36.6 Å². The summed E-state index contributed by atoms with van der Waals surface area (Å²) in [7, 11) is 0. The van der Waals surface area contributed by atoms with E-state index >= 15 is 0 Å². The molecule has 0 bridgehead atoms. The zero-order chi connectivity index (χ0) is 13.4. The molecule has 1 N–H and O–H groups in total. The van der Waals surface area contributed by atoms with Gasteiger partial charge < -0.3 is 5.32 Å². The Hall–Kier alpha value is -1.75. The Morgan fingerprint density at radius 2 is 2.00 bits per heavy atom. The maximum Gasteiger partial charge on any atom is 0.125 e. The Labute approximate surface area is 113 Å². The van der Waals surface area contributed by atoms with E-state index in [-0.39, 0.29) is 0 Å². The zero-order valence-electron chi connectivity index (χ0n) is 11.6. The highest BCUT2D eigenvalue weighted by Gasteiger charge is 2.22. The summed E-state index contributed by atoms with van der Waals surface area (Å²) in [5.41, 5.74) is 4.68. The minimum absolute atomic E-state index is 0.381. The second-order valence-electron chi connectivity index (χ2n) is 5.26. The largest absolute Gasteiger partial charge is 0.312 e. The molecule has 0 atom stereocenters. The fraction of sp³-hybridized carbons (Fsp3) is 0.500. The summed E-state index contributed by atoms with van der Waals surface area (Å²) in [6.07, 6.45) is 4.77. The van der Waals surface area contributed by atoms with Crippen molar-refractivity contribution in [3.8, 4) is 11.3 Å². The van der Waals surface area contributed by atoms with Gasteiger partial charge in [-0.3, -0.25) is 4.68 Å². The normalized spacial score (nSPS) is 14.7. The van der Waals surface area contributed by atoms with Crippen molar-refractivity contribution in [1.82, 2.24) is 25.1 Å². The smallest absolute Gasteiger partial charge is 0.125 e. The van der Waals surface area contributed by atoms with Gasteiger partial charge in [-0.05, 0) is 20.8 Å². The summed E-state index contributed by atoms with van der Waals surface area (Å²) in [6, 6.07) is 0.381. The van der Waals surface area contributed by atoms with Crippen LogP contribution in [0.25, 0.3) is 11.3 Å². The highest BCUT2D eigenvalue weighted by Crippen LogP contribution is 2.28. The molecule has 0 saturated heterocycles. The van der Waals surface area contributed by atoms with E-state index in [9.17, 15) is 0 Å². The Balaban J connectivity index is 2.13. The molecule has 1 aliphatic rings. The third-order valence-electron chi connectivity index (χ3n) is 3.50. The average Bonchev–Trinajstić information content (AvgIpc) is 2.79. The van der Waals surface area contributed by atoms with Crippen LogP contribution in [-0.4, -0.2) is 26.3 Å². The highest BCUT2D eigenvalue weighted by molar-refractivity contribution is 5.62. The Morgan fingerprint density at radius 3 is 2.68 bits per heavy atom. The number of hydrogen-bond donors (Lipinski definition) is 1. The molecule has 2 aromatic rings. The Morgan fingerprint density at radius 1 is 1.26 bits per heavy atom. The first-order valence-electron chi connectivity index (χ1n) is 6.77. The minimum Gasteiger partial charge on any atom is -0.312 e. The third-order valence-corrected chi connectivity index (χ3v) is 3.50. The van der Waals surface area contributed by atoms with Crippen LogP contribution < -0.4 is 5.32 Å². The fourth-order valence-corrected chi connectivity index (χ4v) is 2.55. The van der Waals surface area contributed by atoms with Gasteiger partial charge in [-0.1, -0.05) is 0 Å². The van der Waals surface area contributed by atoms with Gasteiger partial charge in [0, 0.05) is 54.8 Å². The van der Waals surface area contributed by atoms with Crippen LogP contribution in [0, 0.1) is 6.92 Å². The lowest BCUT2D eigenvalue weighted by atomic mass is 10.0. The summed E-state index contributed by atoms with van der Waals surface area (Å²) in [6.45, 7) is 8.14.